The topological polar surface area (TPSA) is 15.3 Å². The maximum absolute atomic E-state index is 3.71. The Hall–Kier alpha value is -0.860. The van der Waals surface area contributed by atoms with E-state index in [2.05, 4.69) is 68.4 Å². The molecule has 2 rings (SSSR count). The van der Waals surface area contributed by atoms with Gasteiger partial charge in [0.1, 0.15) is 0 Å². The molecule has 1 fully saturated rings. The number of benzene rings is 1. The van der Waals surface area contributed by atoms with Gasteiger partial charge in [-0.1, -0.05) is 37.3 Å². The lowest BCUT2D eigenvalue weighted by Gasteiger charge is -2.36. The highest BCUT2D eigenvalue weighted by Gasteiger charge is 2.31. The molecule has 1 aliphatic rings. The molecule has 1 aromatic carbocycles. The first kappa shape index (κ1) is 14.5. The monoisotopic (exact) mass is 260 g/mol. The zero-order valence-electron chi connectivity index (χ0n) is 12.8. The van der Waals surface area contributed by atoms with Gasteiger partial charge in [-0.05, 0) is 39.3 Å². The summed E-state index contributed by atoms with van der Waals surface area (Å²) in [7, 11) is 2.23. The molecule has 0 spiro atoms. The average Bonchev–Trinajstić information content (AvgIpc) is 3.21. The maximum atomic E-state index is 3.71. The Bertz CT molecular complexity index is 384. The number of hydrogen-bond acceptors (Lipinski definition) is 2. The van der Waals surface area contributed by atoms with Crippen LogP contribution in [0.25, 0.3) is 0 Å². The summed E-state index contributed by atoms with van der Waals surface area (Å²) in [5, 5.41) is 3.71. The summed E-state index contributed by atoms with van der Waals surface area (Å²) >= 11 is 0. The predicted molar refractivity (Wildman–Crippen MR) is 82.6 cm³/mol. The summed E-state index contributed by atoms with van der Waals surface area (Å²) in [6, 6.07) is 12.3. The molecule has 1 aromatic rings. The lowest BCUT2D eigenvalue weighted by molar-refractivity contribution is 0.210. The molecule has 2 nitrogen and oxygen atoms in total. The molecular weight excluding hydrogens is 232 g/mol. The first-order valence-electron chi connectivity index (χ1n) is 7.50. The van der Waals surface area contributed by atoms with Crippen molar-refractivity contribution in [3.05, 3.63) is 35.9 Å². The van der Waals surface area contributed by atoms with Gasteiger partial charge in [-0.15, -0.1) is 0 Å². The van der Waals surface area contributed by atoms with E-state index in [0.717, 1.165) is 19.1 Å². The summed E-state index contributed by atoms with van der Waals surface area (Å²) in [6.07, 6.45) is 2.70. The lowest BCUT2D eigenvalue weighted by Crippen LogP contribution is -2.46. The van der Waals surface area contributed by atoms with Crippen LogP contribution in [0.4, 0.5) is 0 Å². The van der Waals surface area contributed by atoms with Gasteiger partial charge in [0, 0.05) is 30.6 Å². The van der Waals surface area contributed by atoms with Crippen LogP contribution in [0, 0.1) is 0 Å². The number of nitrogens with zero attached hydrogens (tertiary/aromatic N) is 1. The smallest absolute Gasteiger partial charge is 0.0177 e. The second-order valence-corrected chi connectivity index (χ2v) is 6.59. The molecule has 2 heteroatoms. The fourth-order valence-electron chi connectivity index (χ4n) is 2.48. The normalized spacial score (nSPS) is 18.8. The summed E-state index contributed by atoms with van der Waals surface area (Å²) in [5.74, 6) is 0. The van der Waals surface area contributed by atoms with E-state index in [1.807, 2.05) is 0 Å². The van der Waals surface area contributed by atoms with E-state index >= 15 is 0 Å². The van der Waals surface area contributed by atoms with Crippen LogP contribution in [0.1, 0.15) is 39.2 Å². The van der Waals surface area contributed by atoms with Crippen LogP contribution >= 0.6 is 0 Å². The highest BCUT2D eigenvalue weighted by molar-refractivity contribution is 5.26. The predicted octanol–water partition coefficient (Wildman–Crippen LogP) is 3.04. The third kappa shape index (κ3) is 4.05. The Kier molecular flexibility index (Phi) is 4.64. The van der Waals surface area contributed by atoms with E-state index in [-0.39, 0.29) is 5.41 Å². The first-order chi connectivity index (χ1) is 9.01. The molecule has 0 amide bonds. The van der Waals surface area contributed by atoms with Crippen molar-refractivity contribution in [3.8, 4) is 0 Å². The van der Waals surface area contributed by atoms with E-state index in [1.165, 1.54) is 18.4 Å². The van der Waals surface area contributed by atoms with Gasteiger partial charge >= 0.3 is 0 Å². The molecule has 0 heterocycles. The van der Waals surface area contributed by atoms with Crippen LogP contribution in [-0.4, -0.2) is 37.1 Å². The van der Waals surface area contributed by atoms with Crippen molar-refractivity contribution in [1.82, 2.24) is 10.2 Å². The van der Waals surface area contributed by atoms with Crippen molar-refractivity contribution >= 4 is 0 Å². The minimum absolute atomic E-state index is 0.183. The molecule has 1 aliphatic carbocycles. The van der Waals surface area contributed by atoms with Crippen molar-refractivity contribution in [2.75, 3.05) is 20.1 Å². The third-order valence-corrected chi connectivity index (χ3v) is 4.31. The molecule has 0 radical (unpaired) electrons. The van der Waals surface area contributed by atoms with Crippen molar-refractivity contribution in [2.24, 2.45) is 0 Å². The zero-order valence-corrected chi connectivity index (χ0v) is 12.8. The Labute approximate surface area is 118 Å². The molecule has 19 heavy (non-hydrogen) atoms. The van der Waals surface area contributed by atoms with Crippen LogP contribution < -0.4 is 5.32 Å². The molecule has 0 aromatic heterocycles. The van der Waals surface area contributed by atoms with Gasteiger partial charge < -0.3 is 10.2 Å². The second kappa shape index (κ2) is 6.06. The van der Waals surface area contributed by atoms with E-state index in [0.29, 0.717) is 6.04 Å². The SMILES string of the molecule is CC(C)N(C)CC(C)(CNC1CC1)c1ccccc1. The largest absolute Gasteiger partial charge is 0.313 e. The minimum atomic E-state index is 0.183. The van der Waals surface area contributed by atoms with Crippen molar-refractivity contribution in [1.29, 1.82) is 0 Å². The molecule has 0 aliphatic heterocycles. The van der Waals surface area contributed by atoms with Gasteiger partial charge in [0.2, 0.25) is 0 Å². The van der Waals surface area contributed by atoms with Gasteiger partial charge in [-0.3, -0.25) is 0 Å². The van der Waals surface area contributed by atoms with Crippen molar-refractivity contribution in [2.45, 2.75) is 51.1 Å². The Balaban J connectivity index is 2.11. The molecule has 1 unspecified atom stereocenters. The van der Waals surface area contributed by atoms with Gasteiger partial charge in [0.05, 0.1) is 0 Å². The quantitative estimate of drug-likeness (QED) is 0.810. The van der Waals surface area contributed by atoms with Crippen molar-refractivity contribution < 1.29 is 0 Å². The van der Waals surface area contributed by atoms with Crippen LogP contribution in [-0.2, 0) is 5.41 Å². The lowest BCUT2D eigenvalue weighted by atomic mass is 9.81. The van der Waals surface area contributed by atoms with Gasteiger partial charge in [-0.2, -0.15) is 0 Å². The molecule has 0 saturated heterocycles. The zero-order chi connectivity index (χ0) is 13.9. The van der Waals surface area contributed by atoms with E-state index in [9.17, 15) is 0 Å². The number of rotatable bonds is 7. The van der Waals surface area contributed by atoms with Crippen LogP contribution in [0.2, 0.25) is 0 Å². The van der Waals surface area contributed by atoms with Crippen molar-refractivity contribution in [3.63, 3.8) is 0 Å². The Morgan fingerprint density at radius 1 is 1.26 bits per heavy atom. The van der Waals surface area contributed by atoms with Gasteiger partial charge in [-0.25, -0.2) is 0 Å². The fourth-order valence-corrected chi connectivity index (χ4v) is 2.48. The summed E-state index contributed by atoms with van der Waals surface area (Å²) in [6.45, 7) is 9.07. The summed E-state index contributed by atoms with van der Waals surface area (Å²) in [4.78, 5) is 2.45. The summed E-state index contributed by atoms with van der Waals surface area (Å²) in [5.41, 5.74) is 1.62. The highest BCUT2D eigenvalue weighted by atomic mass is 15.1. The number of hydrogen-bond donors (Lipinski definition) is 1. The number of nitrogens with one attached hydrogen (secondary N) is 1. The molecule has 1 saturated carbocycles. The van der Waals surface area contributed by atoms with Gasteiger partial charge in [0.15, 0.2) is 0 Å². The van der Waals surface area contributed by atoms with E-state index in [4.69, 9.17) is 0 Å². The maximum Gasteiger partial charge on any atom is 0.0177 e. The fraction of sp³-hybridized carbons (Fsp3) is 0.647. The third-order valence-electron chi connectivity index (χ3n) is 4.31. The first-order valence-corrected chi connectivity index (χ1v) is 7.50. The summed E-state index contributed by atoms with van der Waals surface area (Å²) < 4.78 is 0. The van der Waals surface area contributed by atoms with Gasteiger partial charge in [0.25, 0.3) is 0 Å². The van der Waals surface area contributed by atoms with Crippen LogP contribution in [0.3, 0.4) is 0 Å². The van der Waals surface area contributed by atoms with Crippen LogP contribution in [0.5, 0.6) is 0 Å². The second-order valence-electron chi connectivity index (χ2n) is 6.59. The Morgan fingerprint density at radius 3 is 2.42 bits per heavy atom. The van der Waals surface area contributed by atoms with E-state index < -0.39 is 0 Å². The molecule has 106 valence electrons. The molecular formula is C17H28N2. The highest BCUT2D eigenvalue weighted by Crippen LogP contribution is 2.27. The standard InChI is InChI=1S/C17H28N2/c1-14(2)19(4)13-17(3,12-18-16-10-11-16)15-8-6-5-7-9-15/h5-9,14,16,18H,10-13H2,1-4H3. The molecule has 1 atom stereocenters. The van der Waals surface area contributed by atoms with E-state index in [1.54, 1.807) is 0 Å². The average molecular weight is 260 g/mol. The van der Waals surface area contributed by atoms with Crippen LogP contribution in [0.15, 0.2) is 30.3 Å². The molecule has 1 N–H and O–H groups in total. The molecule has 0 bridgehead atoms. The Morgan fingerprint density at radius 2 is 1.89 bits per heavy atom. The number of likely N-dealkylation sites (N-methyl/N-ethyl adjacent to an activating group) is 1. The minimum Gasteiger partial charge on any atom is -0.313 e.